The van der Waals surface area contributed by atoms with Crippen LogP contribution < -0.4 is 65.9 Å². The lowest BCUT2D eigenvalue weighted by Gasteiger charge is -2.28. The van der Waals surface area contributed by atoms with Crippen molar-refractivity contribution in [2.24, 2.45) is 39.6 Å². The molecule has 1 aromatic carbocycles. The van der Waals surface area contributed by atoms with E-state index in [1.54, 1.807) is 26.0 Å². The molecular weight excluding hydrogens is 935 g/mol. The van der Waals surface area contributed by atoms with Gasteiger partial charge in [-0.3, -0.25) is 48.1 Å². The number of phenols is 1. The first-order valence-corrected chi connectivity index (χ1v) is 22.5. The van der Waals surface area contributed by atoms with Gasteiger partial charge in [0.05, 0.1) is 19.0 Å². The molecule has 0 aliphatic carbocycles. The summed E-state index contributed by atoms with van der Waals surface area (Å²) in [6.45, 7) is 3.67. The number of nitrogens with zero attached hydrogens (tertiary/aromatic N) is 2. The second-order valence-corrected chi connectivity index (χ2v) is 16.6. The molecular formula is C43H67N15O13. The second-order valence-electron chi connectivity index (χ2n) is 16.6. The van der Waals surface area contributed by atoms with E-state index in [0.717, 1.165) is 0 Å². The summed E-state index contributed by atoms with van der Waals surface area (Å²) in [7, 11) is 0. The van der Waals surface area contributed by atoms with Gasteiger partial charge in [-0.2, -0.15) is 0 Å². The van der Waals surface area contributed by atoms with Crippen LogP contribution in [-0.4, -0.2) is 152 Å². The Morgan fingerprint density at radius 3 is 1.66 bits per heavy atom. The molecule has 28 heteroatoms. The Balaban J connectivity index is 2.33. The molecule has 0 bridgehead atoms. The Kier molecular flexibility index (Phi) is 24.9. The van der Waals surface area contributed by atoms with E-state index in [2.05, 4.69) is 52.2 Å². The van der Waals surface area contributed by atoms with Gasteiger partial charge in [0.15, 0.2) is 5.96 Å². The number of carboxylic acids is 1. The minimum absolute atomic E-state index is 0.00899. The number of rotatable bonds is 32. The number of benzene rings is 1. The molecule has 28 nitrogen and oxygen atoms in total. The molecule has 9 atom stereocenters. The largest absolute Gasteiger partial charge is 0.508 e. The van der Waals surface area contributed by atoms with Crippen LogP contribution in [0.25, 0.3) is 0 Å². The number of amides is 9. The summed E-state index contributed by atoms with van der Waals surface area (Å²) in [5.41, 5.74) is 28.6. The Bertz CT molecular complexity index is 2170. The molecule has 1 heterocycles. The van der Waals surface area contributed by atoms with E-state index in [4.69, 9.17) is 28.7 Å². The first-order valence-electron chi connectivity index (χ1n) is 22.5. The molecule has 9 amide bonds. The fourth-order valence-electron chi connectivity index (χ4n) is 6.59. The van der Waals surface area contributed by atoms with Crippen molar-refractivity contribution in [1.29, 1.82) is 0 Å². The number of H-pyrrole nitrogens is 1. The molecule has 0 spiro atoms. The zero-order chi connectivity index (χ0) is 53.4. The quantitative estimate of drug-likeness (QED) is 0.0185. The smallest absolute Gasteiger partial charge is 0.328 e. The normalized spacial score (nSPS) is 14.7. The number of phenolic OH excluding ortho intramolecular Hbond substituents is 1. The number of aliphatic imine (C=N–C) groups is 1. The van der Waals surface area contributed by atoms with E-state index in [0.29, 0.717) is 17.7 Å². The highest BCUT2D eigenvalue weighted by Gasteiger charge is 2.35. The number of carbonyl (C=O) groups is 10. The molecule has 2 rings (SSSR count). The third-order valence-electron chi connectivity index (χ3n) is 10.9. The number of aliphatic hydroxyl groups excluding tert-OH is 1. The zero-order valence-corrected chi connectivity index (χ0v) is 39.6. The van der Waals surface area contributed by atoms with Crippen molar-refractivity contribution in [2.75, 3.05) is 13.2 Å². The molecule has 0 fully saturated rings. The average molecular weight is 1000 g/mol. The third-order valence-corrected chi connectivity index (χ3v) is 10.9. The van der Waals surface area contributed by atoms with E-state index in [9.17, 15) is 63.3 Å². The molecule has 0 radical (unpaired) electrons. The number of carboxylic acid groups (broad SMARTS) is 1. The maximum atomic E-state index is 13.9. The summed E-state index contributed by atoms with van der Waals surface area (Å²) < 4.78 is 0. The highest BCUT2D eigenvalue weighted by atomic mass is 16.4. The number of aromatic nitrogens is 2. The summed E-state index contributed by atoms with van der Waals surface area (Å²) >= 11 is 0. The van der Waals surface area contributed by atoms with Gasteiger partial charge in [0, 0.05) is 37.7 Å². The van der Waals surface area contributed by atoms with Gasteiger partial charge < -0.3 is 86.2 Å². The van der Waals surface area contributed by atoms with Crippen LogP contribution in [0, 0.1) is 5.92 Å². The lowest BCUT2D eigenvalue weighted by molar-refractivity contribution is -0.143. The monoisotopic (exact) mass is 1000 g/mol. The number of carbonyl (C=O) groups excluding carboxylic acids is 9. The van der Waals surface area contributed by atoms with Crippen molar-refractivity contribution in [3.63, 3.8) is 0 Å². The van der Waals surface area contributed by atoms with Crippen LogP contribution in [0.5, 0.6) is 5.75 Å². The number of nitrogens with two attached hydrogens (primary N) is 5. The van der Waals surface area contributed by atoms with Crippen molar-refractivity contribution >= 4 is 65.1 Å². The Morgan fingerprint density at radius 1 is 0.662 bits per heavy atom. The van der Waals surface area contributed by atoms with Gasteiger partial charge in [0.25, 0.3) is 0 Å². The van der Waals surface area contributed by atoms with Crippen molar-refractivity contribution in [2.45, 2.75) is 127 Å². The number of hydrogen-bond donors (Lipinski definition) is 16. The number of guanidine groups is 1. The molecule has 1 aromatic heterocycles. The summed E-state index contributed by atoms with van der Waals surface area (Å²) in [6.07, 6.45) is 1.11. The lowest BCUT2D eigenvalue weighted by Crippen LogP contribution is -2.60. The predicted molar refractivity (Wildman–Crippen MR) is 252 cm³/mol. The number of hydrogen-bond acceptors (Lipinski definition) is 15. The van der Waals surface area contributed by atoms with E-state index < -0.39 is 139 Å². The van der Waals surface area contributed by atoms with E-state index in [1.807, 2.05) is 0 Å². The maximum Gasteiger partial charge on any atom is 0.328 e. The SMILES string of the molecule is CC[C@H](C)[C@H](NC(=O)[C@@H](N)Cc1ccc(O)cc1)C(=O)N[C@@H](CCC(N)=O)C(=O)N[C@@H](CCC(N)=O)C(=O)N[C@@H](C)C(=O)N[C@@H](Cc1cnc[nH]1)C(=O)N[C@@H](CCCN=C(N)N)C(=O)N[C@@H](CO)C(=O)O. The number of nitrogens with one attached hydrogen (secondary N) is 8. The summed E-state index contributed by atoms with van der Waals surface area (Å²) in [5.74, 6) is -10.6. The number of aromatic amines is 1. The standard InChI is InChI=1S/C43H67N15O13/c1-4-21(2)34(58-36(64)26(44)16-23-7-9-25(60)10-8-23)41(69)55-29(12-14-33(46)62)39(67)54-28(11-13-32(45)61)37(65)52-22(3)35(63)56-30(17-24-18-49-20-51-24)40(68)53-27(6-5-15-50-43(47)48)38(66)57-31(19-59)42(70)71/h7-10,18,20-22,26-31,34,59-60H,4-6,11-17,19,44H2,1-3H3,(H2,45,61)(H2,46,62)(H,49,51)(H,52,65)(H,53,68)(H,54,67)(H,55,69)(H,56,63)(H,57,66)(H,58,64)(H,70,71)(H4,47,48,50)/t21-,22-,26-,27-,28-,29-,30-,31-,34-/m0/s1. The van der Waals surface area contributed by atoms with Crippen molar-refractivity contribution in [3.8, 4) is 5.75 Å². The van der Waals surface area contributed by atoms with E-state index in [1.165, 1.54) is 31.6 Å². The number of primary amides is 2. The fourth-order valence-corrected chi connectivity index (χ4v) is 6.59. The van der Waals surface area contributed by atoms with Crippen LogP contribution in [0.2, 0.25) is 0 Å². The minimum Gasteiger partial charge on any atom is -0.508 e. The number of aliphatic carboxylic acids is 1. The minimum atomic E-state index is -1.73. The van der Waals surface area contributed by atoms with Gasteiger partial charge in [-0.15, -0.1) is 0 Å². The topological polar surface area (TPSA) is 487 Å². The summed E-state index contributed by atoms with van der Waals surface area (Å²) in [6, 6.07) is -5.65. The number of aromatic hydroxyl groups is 1. The molecule has 392 valence electrons. The highest BCUT2D eigenvalue weighted by molar-refractivity contribution is 5.98. The van der Waals surface area contributed by atoms with Gasteiger partial charge in [0.2, 0.25) is 53.2 Å². The van der Waals surface area contributed by atoms with Gasteiger partial charge in [-0.05, 0) is 62.6 Å². The van der Waals surface area contributed by atoms with Crippen LogP contribution in [0.3, 0.4) is 0 Å². The molecule has 71 heavy (non-hydrogen) atoms. The molecule has 0 saturated carbocycles. The van der Waals surface area contributed by atoms with Crippen LogP contribution >= 0.6 is 0 Å². The first kappa shape index (κ1) is 59.2. The predicted octanol–water partition coefficient (Wildman–Crippen LogP) is -5.65. The Labute approximate surface area is 408 Å². The van der Waals surface area contributed by atoms with Crippen molar-refractivity contribution in [1.82, 2.24) is 47.2 Å². The average Bonchev–Trinajstić information content (AvgIpc) is 3.83. The van der Waals surface area contributed by atoms with Crippen LogP contribution in [0.15, 0.2) is 41.8 Å². The van der Waals surface area contributed by atoms with Gasteiger partial charge in [-0.1, -0.05) is 32.4 Å². The Hall–Kier alpha value is -7.88. The number of imidazole rings is 1. The van der Waals surface area contributed by atoms with Gasteiger partial charge >= 0.3 is 5.97 Å². The van der Waals surface area contributed by atoms with E-state index >= 15 is 0 Å². The van der Waals surface area contributed by atoms with Crippen LogP contribution in [-0.2, 0) is 60.8 Å². The third kappa shape index (κ3) is 21.5. The summed E-state index contributed by atoms with van der Waals surface area (Å²) in [4.78, 5) is 141. The zero-order valence-electron chi connectivity index (χ0n) is 39.6. The fraction of sp³-hybridized carbons (Fsp3) is 0.535. The Morgan fingerprint density at radius 2 is 1.17 bits per heavy atom. The van der Waals surface area contributed by atoms with Crippen LogP contribution in [0.4, 0.5) is 0 Å². The van der Waals surface area contributed by atoms with E-state index in [-0.39, 0.29) is 50.4 Å². The maximum absolute atomic E-state index is 13.9. The molecule has 2 aromatic rings. The first-order chi connectivity index (χ1) is 33.4. The number of aliphatic hydroxyl groups is 1. The van der Waals surface area contributed by atoms with Crippen molar-refractivity contribution in [3.05, 3.63) is 48.0 Å². The second kappa shape index (κ2) is 29.9. The van der Waals surface area contributed by atoms with Gasteiger partial charge in [0.1, 0.15) is 48.0 Å². The lowest BCUT2D eigenvalue weighted by atomic mass is 9.96. The molecule has 0 aliphatic rings. The highest BCUT2D eigenvalue weighted by Crippen LogP contribution is 2.14. The molecule has 21 N–H and O–H groups in total. The van der Waals surface area contributed by atoms with Crippen LogP contribution in [0.1, 0.15) is 77.0 Å². The summed E-state index contributed by atoms with van der Waals surface area (Å²) in [5, 5.41) is 45.4. The van der Waals surface area contributed by atoms with Crippen molar-refractivity contribution < 1.29 is 63.3 Å². The molecule has 0 saturated heterocycles. The van der Waals surface area contributed by atoms with Gasteiger partial charge in [-0.25, -0.2) is 9.78 Å². The molecule has 0 aliphatic heterocycles. The molecule has 0 unspecified atom stereocenters.